The van der Waals surface area contributed by atoms with E-state index in [9.17, 15) is 28.8 Å². The van der Waals surface area contributed by atoms with Crippen LogP contribution in [0.25, 0.3) is 11.3 Å². The molecule has 0 aliphatic rings. The van der Waals surface area contributed by atoms with Gasteiger partial charge in [-0.3, -0.25) is 14.6 Å². The van der Waals surface area contributed by atoms with Gasteiger partial charge in [-0.15, -0.1) is 0 Å². The molecular weight excluding hydrogens is 1340 g/mol. The predicted octanol–water partition coefficient (Wildman–Crippen LogP) is 12.8. The molecule has 0 unspecified atom stereocenters. The Balaban J connectivity index is 0.000000364. The van der Waals surface area contributed by atoms with Crippen molar-refractivity contribution in [3.05, 3.63) is 230 Å². The van der Waals surface area contributed by atoms with Crippen molar-refractivity contribution in [3.8, 4) is 11.3 Å². The fourth-order valence-corrected chi connectivity index (χ4v) is 8.91. The Labute approximate surface area is 555 Å². The molecule has 0 fully saturated rings. The monoisotopic (exact) mass is 1410 g/mol. The number of alkyl halides is 1. The van der Waals surface area contributed by atoms with Crippen molar-refractivity contribution in [2.75, 3.05) is 17.2 Å². The topological polar surface area (TPSA) is 337 Å². The molecule has 0 saturated heterocycles. The maximum Gasteiger partial charge on any atom is 0.488 e. The third-order valence-corrected chi connectivity index (χ3v) is 14.9. The van der Waals surface area contributed by atoms with Gasteiger partial charge in [0, 0.05) is 40.8 Å². The number of benzene rings is 6. The van der Waals surface area contributed by atoms with Crippen molar-refractivity contribution in [3.63, 3.8) is 0 Å². The third-order valence-electron chi connectivity index (χ3n) is 11.6. The summed E-state index contributed by atoms with van der Waals surface area (Å²) >= 11 is 13.2. The number of nitrogens with zero attached hydrogens (tertiary/aromatic N) is 4. The van der Waals surface area contributed by atoms with Crippen molar-refractivity contribution < 1.29 is 64.0 Å². The molecule has 0 aliphatic carbocycles. The number of carboxylic acid groups (broad SMARTS) is 4. The Hall–Kier alpha value is -7.91. The van der Waals surface area contributed by atoms with Crippen molar-refractivity contribution >= 4 is 127 Å². The Morgan fingerprint density at radius 1 is 0.567 bits per heavy atom. The lowest BCUT2D eigenvalue weighted by atomic mass is 9.79. The highest BCUT2D eigenvalue weighted by molar-refractivity contribution is 9.10. The first-order valence-electron chi connectivity index (χ1n) is 27.1. The standard InChI is InChI=1S/C15H20O4S.C12H13N3.C10H10O3S.C8H11BO2.C8H7BrO2.C8H8O2S.C4H4BrN3/c1-15(2,3)19-13(16)7-8-20-10-11-5-4-6-12(9-11)14(17)18;1-8-3-4-10(5-9(8)2)11-6-15-12(13)7-14-11;1-7(11)14-6-8-3-2-4-9(5-8)10(12)13;1-6-3-4-8(9(10)11)5-7(6)2;9-5-6-2-1-3-7(4-6)8(10)11;9-8(10)7-3-1-2-6(4-7)5-11;5-3-1-8-4(6)2-7-3/h4-6,9H,7-8,10H2,1-3H3,(H,17,18);3-7H,1-2H3,(H2,13,15);2-5H,6H2,1H3,(H,12,13);3-5,10-11H,1-2H3;1-4H,5H2,(H,10,11);1-4,11H,5H2,(H,9,10);1-2H,(H2,6,8). The molecule has 6 aromatic carbocycles. The van der Waals surface area contributed by atoms with Gasteiger partial charge in [-0.1, -0.05) is 107 Å². The normalized spacial score (nSPS) is 10.1. The Bertz CT molecular complexity index is 3520. The van der Waals surface area contributed by atoms with Crippen LogP contribution < -0.4 is 16.9 Å². The molecule has 476 valence electrons. The first-order valence-corrected chi connectivity index (χ1v) is 31.8. The van der Waals surface area contributed by atoms with E-state index < -0.39 is 36.6 Å². The number of nitrogen functional groups attached to an aromatic ring is 2. The van der Waals surface area contributed by atoms with Gasteiger partial charge in [-0.25, -0.2) is 34.1 Å². The van der Waals surface area contributed by atoms with Gasteiger partial charge in [0.25, 0.3) is 0 Å². The molecule has 8 rings (SSSR count). The minimum Gasteiger partial charge on any atom is -0.478 e. The van der Waals surface area contributed by atoms with Crippen LogP contribution in [0.15, 0.2) is 163 Å². The number of aryl methyl sites for hydroxylation is 4. The molecule has 0 atom stereocenters. The zero-order valence-electron chi connectivity index (χ0n) is 50.8. The Morgan fingerprint density at radius 3 is 1.41 bits per heavy atom. The number of aromatic carboxylic acids is 4. The van der Waals surface area contributed by atoms with Crippen molar-refractivity contribution in [1.82, 2.24) is 19.9 Å². The van der Waals surface area contributed by atoms with Gasteiger partial charge in [0.1, 0.15) is 21.8 Å². The lowest BCUT2D eigenvalue weighted by molar-refractivity contribution is -0.154. The molecule has 0 spiro atoms. The molecule has 0 bridgehead atoms. The number of nitrogens with two attached hydrogens (primary N) is 2. The van der Waals surface area contributed by atoms with E-state index in [2.05, 4.69) is 90.4 Å². The van der Waals surface area contributed by atoms with Crippen LogP contribution in [0.2, 0.25) is 0 Å². The summed E-state index contributed by atoms with van der Waals surface area (Å²) in [6, 6.07) is 38.6. The summed E-state index contributed by atoms with van der Waals surface area (Å²) in [6.07, 6.45) is 6.67. The van der Waals surface area contributed by atoms with E-state index >= 15 is 0 Å². The maximum atomic E-state index is 11.5. The van der Waals surface area contributed by atoms with E-state index in [1.807, 2.05) is 71.0 Å². The van der Waals surface area contributed by atoms with Gasteiger partial charge in [0.15, 0.2) is 5.12 Å². The number of esters is 1. The van der Waals surface area contributed by atoms with Crippen LogP contribution in [0.5, 0.6) is 0 Å². The van der Waals surface area contributed by atoms with Crippen molar-refractivity contribution in [2.45, 2.75) is 90.0 Å². The minimum absolute atomic E-state index is 0.0331. The number of halogens is 2. The maximum absolute atomic E-state index is 11.5. The largest absolute Gasteiger partial charge is 0.488 e. The fraction of sp³-hybridized carbons (Fsp3) is 0.231. The van der Waals surface area contributed by atoms with Crippen LogP contribution in [0.3, 0.4) is 0 Å². The second-order valence-electron chi connectivity index (χ2n) is 20.1. The molecule has 25 heteroatoms. The number of aromatic nitrogens is 4. The van der Waals surface area contributed by atoms with Gasteiger partial charge < -0.3 is 46.7 Å². The quantitative estimate of drug-likeness (QED) is 0.0151. The lowest BCUT2D eigenvalue weighted by Crippen LogP contribution is -2.29. The number of rotatable bonds is 15. The molecular formula is C65H73BBr2N6O13S3. The minimum atomic E-state index is -1.35. The highest BCUT2D eigenvalue weighted by Crippen LogP contribution is 2.21. The smallest absolute Gasteiger partial charge is 0.478 e. The van der Waals surface area contributed by atoms with Gasteiger partial charge in [-0.05, 0) is 169 Å². The average molecular weight is 1410 g/mol. The fourth-order valence-electron chi connectivity index (χ4n) is 6.74. The van der Waals surface area contributed by atoms with Gasteiger partial charge in [0.05, 0.1) is 59.2 Å². The lowest BCUT2D eigenvalue weighted by Gasteiger charge is -2.19. The first-order chi connectivity index (χ1) is 42.4. The molecule has 19 nitrogen and oxygen atoms in total. The second kappa shape index (κ2) is 41.4. The molecule has 2 heterocycles. The number of carbonyl (C=O) groups excluding carboxylic acids is 2. The van der Waals surface area contributed by atoms with Crippen LogP contribution in [0.1, 0.15) is 120 Å². The molecule has 90 heavy (non-hydrogen) atoms. The van der Waals surface area contributed by atoms with Crippen molar-refractivity contribution in [1.29, 1.82) is 0 Å². The first kappa shape index (κ1) is 78.2. The summed E-state index contributed by atoms with van der Waals surface area (Å²) in [5.74, 6) is -0.528. The van der Waals surface area contributed by atoms with E-state index in [0.717, 1.165) is 44.6 Å². The summed E-state index contributed by atoms with van der Waals surface area (Å²) < 4.78 is 5.91. The number of thiol groups is 1. The number of hydrogen-bond acceptors (Lipinski definition) is 18. The summed E-state index contributed by atoms with van der Waals surface area (Å²) in [7, 11) is -1.35. The highest BCUT2D eigenvalue weighted by atomic mass is 79.9. The Morgan fingerprint density at radius 2 is 1.01 bits per heavy atom. The van der Waals surface area contributed by atoms with E-state index in [4.69, 9.17) is 46.7 Å². The van der Waals surface area contributed by atoms with E-state index in [0.29, 0.717) is 67.6 Å². The van der Waals surface area contributed by atoms with Crippen LogP contribution in [0, 0.1) is 27.7 Å². The molecule has 10 N–H and O–H groups in total. The SMILES string of the molecule is CC(=O)SCc1cccc(C(=O)O)c1.CC(C)(C)OC(=O)CCSCc1cccc(C(=O)O)c1.Cc1ccc(-c2cnc(N)cn2)cc1C.Cc1ccc(B(O)O)cc1C.Nc1cnc(Br)cn1.O=C(O)c1cccc(CBr)c1.O=C(O)c1cccc(CS)c1. The van der Waals surface area contributed by atoms with E-state index in [1.54, 1.807) is 109 Å². The van der Waals surface area contributed by atoms with Gasteiger partial charge in [-0.2, -0.15) is 24.4 Å². The summed E-state index contributed by atoms with van der Waals surface area (Å²) in [5.41, 5.74) is 22.4. The second-order valence-corrected chi connectivity index (χ2v) is 24.0. The molecule has 0 amide bonds. The van der Waals surface area contributed by atoms with E-state index in [-0.39, 0.29) is 22.2 Å². The van der Waals surface area contributed by atoms with Crippen LogP contribution in [-0.4, -0.2) is 104 Å². The van der Waals surface area contributed by atoms with E-state index in [1.165, 1.54) is 42.1 Å². The third kappa shape index (κ3) is 33.1. The summed E-state index contributed by atoms with van der Waals surface area (Å²) in [6.45, 7) is 15.1. The van der Waals surface area contributed by atoms with Crippen LogP contribution in [-0.2, 0) is 36.9 Å². The number of thioether (sulfide) groups is 2. The summed E-state index contributed by atoms with van der Waals surface area (Å²) in [5, 5.41) is 53.1. The summed E-state index contributed by atoms with van der Waals surface area (Å²) in [4.78, 5) is 80.3. The predicted molar refractivity (Wildman–Crippen MR) is 369 cm³/mol. The number of carboxylic acids is 4. The molecule has 0 saturated carbocycles. The highest BCUT2D eigenvalue weighted by Gasteiger charge is 2.16. The van der Waals surface area contributed by atoms with Crippen LogP contribution >= 0.6 is 68.0 Å². The molecule has 8 aromatic rings. The zero-order chi connectivity index (χ0) is 67.5. The zero-order valence-corrected chi connectivity index (χ0v) is 56.5. The van der Waals surface area contributed by atoms with Gasteiger partial charge in [0.2, 0.25) is 0 Å². The number of hydrogen-bond donors (Lipinski definition) is 9. The molecule has 0 aliphatic heterocycles. The Kier molecular flexibility index (Phi) is 36.0. The molecule has 2 aromatic heterocycles. The number of carbonyl (C=O) groups is 6. The number of ether oxygens (including phenoxy) is 1. The molecule has 0 radical (unpaired) electrons. The number of anilines is 2. The average Bonchev–Trinajstić information content (AvgIpc) is 3.08. The van der Waals surface area contributed by atoms with Gasteiger partial charge >= 0.3 is 37.0 Å². The van der Waals surface area contributed by atoms with Crippen LogP contribution in [0.4, 0.5) is 11.6 Å². The van der Waals surface area contributed by atoms with Crippen molar-refractivity contribution in [2.24, 2.45) is 0 Å².